The number of hydrogen-bond acceptors (Lipinski definition) is 4. The summed E-state index contributed by atoms with van der Waals surface area (Å²) in [6.45, 7) is 0.533. The number of nitrogens with one attached hydrogen (secondary N) is 1. The fourth-order valence-corrected chi connectivity index (χ4v) is 2.03. The molecular formula is C8H12IN3O2S. The van der Waals surface area contributed by atoms with E-state index < -0.39 is 10.0 Å². The minimum Gasteiger partial charge on any atom is -0.314 e. The van der Waals surface area contributed by atoms with Crippen LogP contribution in [-0.4, -0.2) is 26.7 Å². The third-order valence-electron chi connectivity index (χ3n) is 1.69. The van der Waals surface area contributed by atoms with Crippen molar-refractivity contribution in [1.82, 2.24) is 10.3 Å². The fourth-order valence-electron chi connectivity index (χ4n) is 1.07. The summed E-state index contributed by atoms with van der Waals surface area (Å²) < 4.78 is 23.9. The zero-order valence-corrected chi connectivity index (χ0v) is 11.4. The van der Waals surface area contributed by atoms with E-state index in [4.69, 9.17) is 0 Å². The molecule has 1 aromatic rings. The molecule has 0 bridgehead atoms. The van der Waals surface area contributed by atoms with Crippen LogP contribution < -0.4 is 7.84 Å². The molecule has 0 aliphatic carbocycles. The van der Waals surface area contributed by atoms with E-state index >= 15 is 0 Å². The van der Waals surface area contributed by atoms with Crippen molar-refractivity contribution in [2.24, 2.45) is 0 Å². The van der Waals surface area contributed by atoms with Crippen LogP contribution in [0.3, 0.4) is 0 Å². The molecule has 1 N–H and O–H groups in total. The van der Waals surface area contributed by atoms with Crippen molar-refractivity contribution < 1.29 is 8.42 Å². The minimum atomic E-state index is -3.24. The second-order valence-corrected chi connectivity index (χ2v) is 6.43. The Kier molecular flexibility index (Phi) is 4.29. The molecule has 84 valence electrons. The third-order valence-corrected chi connectivity index (χ3v) is 5.14. The fraction of sp³-hybridized carbons (Fsp3) is 0.375. The Morgan fingerprint density at radius 2 is 2.27 bits per heavy atom. The van der Waals surface area contributed by atoms with Crippen molar-refractivity contribution in [3.63, 3.8) is 0 Å². The third kappa shape index (κ3) is 3.28. The first kappa shape index (κ1) is 12.7. The van der Waals surface area contributed by atoms with E-state index in [9.17, 15) is 8.42 Å². The monoisotopic (exact) mass is 341 g/mol. The van der Waals surface area contributed by atoms with E-state index in [2.05, 4.69) is 10.3 Å². The molecule has 0 radical (unpaired) electrons. The van der Waals surface area contributed by atoms with Crippen LogP contribution in [0.5, 0.6) is 0 Å². The summed E-state index contributed by atoms with van der Waals surface area (Å²) in [7, 11) is -1.46. The number of anilines is 1. The Morgan fingerprint density at radius 3 is 2.80 bits per heavy atom. The standard InChI is InChI=1S/C8H12IN3O2S/c1-10-6-7-8(4-3-5-11-7)12(9)15(2,13)14/h3-5,10H,6H2,1-2H3. The van der Waals surface area contributed by atoms with Gasteiger partial charge in [0.05, 0.1) is 40.5 Å². The number of rotatable bonds is 4. The van der Waals surface area contributed by atoms with Gasteiger partial charge in [-0.3, -0.25) is 4.98 Å². The van der Waals surface area contributed by atoms with Gasteiger partial charge in [-0.2, -0.15) is 0 Å². The lowest BCUT2D eigenvalue weighted by Gasteiger charge is -2.16. The van der Waals surface area contributed by atoms with Crippen LogP contribution in [0, 0.1) is 0 Å². The Balaban J connectivity index is 3.13. The van der Waals surface area contributed by atoms with E-state index in [1.54, 1.807) is 48.2 Å². The van der Waals surface area contributed by atoms with E-state index in [1.807, 2.05) is 0 Å². The molecule has 0 aromatic carbocycles. The van der Waals surface area contributed by atoms with Crippen molar-refractivity contribution in [3.05, 3.63) is 24.0 Å². The molecule has 5 nitrogen and oxygen atoms in total. The van der Waals surface area contributed by atoms with Gasteiger partial charge in [0.2, 0.25) is 10.0 Å². The van der Waals surface area contributed by atoms with Crippen molar-refractivity contribution in [3.8, 4) is 0 Å². The summed E-state index contributed by atoms with van der Waals surface area (Å²) in [5.74, 6) is 0. The molecule has 1 aromatic heterocycles. The molecule has 0 spiro atoms. The Morgan fingerprint density at radius 1 is 1.60 bits per heavy atom. The number of halogens is 1. The van der Waals surface area contributed by atoms with Crippen LogP contribution >= 0.6 is 22.9 Å². The topological polar surface area (TPSA) is 62.3 Å². The highest BCUT2D eigenvalue weighted by Gasteiger charge is 2.17. The highest BCUT2D eigenvalue weighted by molar-refractivity contribution is 14.1. The lowest BCUT2D eigenvalue weighted by atomic mass is 10.3. The van der Waals surface area contributed by atoms with Gasteiger partial charge in [0.1, 0.15) is 0 Å². The summed E-state index contributed by atoms with van der Waals surface area (Å²) in [6, 6.07) is 3.44. The van der Waals surface area contributed by atoms with Gasteiger partial charge in [-0.15, -0.1) is 0 Å². The van der Waals surface area contributed by atoms with Crippen LogP contribution in [0.1, 0.15) is 5.69 Å². The first-order valence-corrected chi connectivity index (χ1v) is 7.02. The Labute approximate surface area is 103 Å². The Bertz CT molecular complexity index is 435. The second kappa shape index (κ2) is 5.08. The van der Waals surface area contributed by atoms with E-state index in [0.717, 1.165) is 6.26 Å². The molecule has 0 atom stereocenters. The van der Waals surface area contributed by atoms with E-state index in [1.165, 1.54) is 2.52 Å². The van der Waals surface area contributed by atoms with Crippen LogP contribution in [0.25, 0.3) is 0 Å². The summed E-state index contributed by atoms with van der Waals surface area (Å²) >= 11 is 1.76. The average Bonchev–Trinajstić information content (AvgIpc) is 2.17. The van der Waals surface area contributed by atoms with Gasteiger partial charge in [-0.25, -0.2) is 10.9 Å². The van der Waals surface area contributed by atoms with Gasteiger partial charge < -0.3 is 5.32 Å². The van der Waals surface area contributed by atoms with Crippen molar-refractivity contribution in [2.75, 3.05) is 15.8 Å². The zero-order chi connectivity index (χ0) is 11.5. The smallest absolute Gasteiger partial charge is 0.240 e. The highest BCUT2D eigenvalue weighted by atomic mass is 127. The maximum absolute atomic E-state index is 11.4. The zero-order valence-electron chi connectivity index (χ0n) is 8.44. The number of nitrogens with zero attached hydrogens (tertiary/aromatic N) is 2. The maximum Gasteiger partial charge on any atom is 0.240 e. The van der Waals surface area contributed by atoms with Gasteiger partial charge in [0.25, 0.3) is 0 Å². The molecular weight excluding hydrogens is 329 g/mol. The quantitative estimate of drug-likeness (QED) is 0.654. The Hall–Kier alpha value is -0.410. The summed E-state index contributed by atoms with van der Waals surface area (Å²) in [6.07, 6.45) is 2.80. The SMILES string of the molecule is CNCc1ncccc1N(I)S(C)(=O)=O. The lowest BCUT2D eigenvalue weighted by molar-refractivity contribution is 0.604. The van der Waals surface area contributed by atoms with Gasteiger partial charge >= 0.3 is 0 Å². The maximum atomic E-state index is 11.4. The summed E-state index contributed by atoms with van der Waals surface area (Å²) in [4.78, 5) is 4.13. The molecule has 15 heavy (non-hydrogen) atoms. The lowest BCUT2D eigenvalue weighted by Crippen LogP contribution is -2.21. The number of aromatic nitrogens is 1. The second-order valence-electron chi connectivity index (χ2n) is 2.98. The predicted octanol–water partition coefficient (Wildman–Crippen LogP) is 0.917. The number of sulfonamides is 1. The van der Waals surface area contributed by atoms with Crippen LogP contribution in [0.4, 0.5) is 5.69 Å². The van der Waals surface area contributed by atoms with Crippen molar-refractivity contribution in [2.45, 2.75) is 6.54 Å². The number of pyridine rings is 1. The van der Waals surface area contributed by atoms with E-state index in [0.29, 0.717) is 17.9 Å². The molecule has 0 saturated carbocycles. The van der Waals surface area contributed by atoms with Crippen molar-refractivity contribution >= 4 is 38.6 Å². The minimum absolute atomic E-state index is 0.533. The normalized spacial score (nSPS) is 11.4. The predicted molar refractivity (Wildman–Crippen MR) is 68.3 cm³/mol. The van der Waals surface area contributed by atoms with Gasteiger partial charge in [-0.1, -0.05) is 0 Å². The first-order valence-electron chi connectivity index (χ1n) is 4.21. The molecule has 0 aliphatic rings. The van der Waals surface area contributed by atoms with Gasteiger partial charge in [0.15, 0.2) is 0 Å². The molecule has 0 aliphatic heterocycles. The molecule has 0 unspecified atom stereocenters. The molecule has 0 saturated heterocycles. The summed E-state index contributed by atoms with van der Waals surface area (Å²) in [5.41, 5.74) is 1.30. The molecule has 1 heterocycles. The largest absolute Gasteiger partial charge is 0.314 e. The highest BCUT2D eigenvalue weighted by Crippen LogP contribution is 2.24. The first-order chi connectivity index (χ1) is 6.96. The van der Waals surface area contributed by atoms with Gasteiger partial charge in [-0.05, 0) is 19.2 Å². The van der Waals surface area contributed by atoms with Crippen molar-refractivity contribution in [1.29, 1.82) is 0 Å². The molecule has 7 heteroatoms. The molecule has 0 fully saturated rings. The number of hydrogen-bond donors (Lipinski definition) is 1. The van der Waals surface area contributed by atoms with Crippen LogP contribution in [0.2, 0.25) is 0 Å². The summed E-state index contributed by atoms with van der Waals surface area (Å²) in [5, 5.41) is 2.94. The van der Waals surface area contributed by atoms with Crippen LogP contribution in [0.15, 0.2) is 18.3 Å². The average molecular weight is 341 g/mol. The van der Waals surface area contributed by atoms with E-state index in [-0.39, 0.29) is 0 Å². The molecule has 1 rings (SSSR count). The van der Waals surface area contributed by atoms with Crippen LogP contribution in [-0.2, 0) is 16.6 Å². The van der Waals surface area contributed by atoms with Gasteiger partial charge in [0, 0.05) is 12.7 Å². The molecule has 0 amide bonds.